The van der Waals surface area contributed by atoms with Crippen LogP contribution in [-0.2, 0) is 0 Å². The SMILES string of the molecule is C=CCCCC1CCCCC(NCCC)C1. The second-order valence-electron chi connectivity index (χ2n) is 5.26. The van der Waals surface area contributed by atoms with Crippen LogP contribution in [0, 0.1) is 5.92 Å². The molecule has 1 aliphatic carbocycles. The van der Waals surface area contributed by atoms with Gasteiger partial charge >= 0.3 is 0 Å². The van der Waals surface area contributed by atoms with Crippen molar-refractivity contribution in [2.75, 3.05) is 6.54 Å². The summed E-state index contributed by atoms with van der Waals surface area (Å²) in [7, 11) is 0. The molecule has 1 aliphatic rings. The van der Waals surface area contributed by atoms with E-state index in [2.05, 4.69) is 24.9 Å². The van der Waals surface area contributed by atoms with Crippen molar-refractivity contribution in [1.82, 2.24) is 5.32 Å². The zero-order valence-electron chi connectivity index (χ0n) is 11.0. The highest BCUT2D eigenvalue weighted by Crippen LogP contribution is 2.27. The van der Waals surface area contributed by atoms with Gasteiger partial charge < -0.3 is 5.32 Å². The lowest BCUT2D eigenvalue weighted by Gasteiger charge is -2.20. The van der Waals surface area contributed by atoms with E-state index in [1.54, 1.807) is 0 Å². The second kappa shape index (κ2) is 8.81. The lowest BCUT2D eigenvalue weighted by molar-refractivity contribution is 0.362. The smallest absolute Gasteiger partial charge is 0.00696 e. The summed E-state index contributed by atoms with van der Waals surface area (Å²) in [5.41, 5.74) is 0. The van der Waals surface area contributed by atoms with Gasteiger partial charge in [0, 0.05) is 6.04 Å². The Hall–Kier alpha value is -0.300. The first-order chi connectivity index (χ1) is 7.86. The van der Waals surface area contributed by atoms with Gasteiger partial charge in [0.25, 0.3) is 0 Å². The third-order valence-corrected chi connectivity index (χ3v) is 3.74. The van der Waals surface area contributed by atoms with E-state index < -0.39 is 0 Å². The first-order valence-corrected chi connectivity index (χ1v) is 7.21. The van der Waals surface area contributed by atoms with Crippen molar-refractivity contribution in [2.24, 2.45) is 5.92 Å². The van der Waals surface area contributed by atoms with Crippen LogP contribution in [0.25, 0.3) is 0 Å². The molecular formula is C15H29N. The van der Waals surface area contributed by atoms with Gasteiger partial charge in [0.15, 0.2) is 0 Å². The molecule has 0 aromatic carbocycles. The van der Waals surface area contributed by atoms with Gasteiger partial charge in [0.1, 0.15) is 0 Å². The van der Waals surface area contributed by atoms with Gasteiger partial charge in [-0.05, 0) is 44.6 Å². The highest BCUT2D eigenvalue weighted by Gasteiger charge is 2.18. The lowest BCUT2D eigenvalue weighted by Crippen LogP contribution is -2.30. The van der Waals surface area contributed by atoms with Gasteiger partial charge in [0.2, 0.25) is 0 Å². The van der Waals surface area contributed by atoms with Crippen LogP contribution >= 0.6 is 0 Å². The summed E-state index contributed by atoms with van der Waals surface area (Å²) in [5, 5.41) is 3.71. The maximum atomic E-state index is 3.80. The van der Waals surface area contributed by atoms with Crippen LogP contribution < -0.4 is 5.32 Å². The van der Waals surface area contributed by atoms with Crippen molar-refractivity contribution < 1.29 is 0 Å². The number of rotatable bonds is 7. The van der Waals surface area contributed by atoms with Crippen LogP contribution in [0.3, 0.4) is 0 Å². The van der Waals surface area contributed by atoms with Crippen molar-refractivity contribution in [3.8, 4) is 0 Å². The zero-order chi connectivity index (χ0) is 11.6. The molecule has 94 valence electrons. The summed E-state index contributed by atoms with van der Waals surface area (Å²) < 4.78 is 0. The zero-order valence-corrected chi connectivity index (χ0v) is 11.0. The Bertz CT molecular complexity index is 176. The van der Waals surface area contributed by atoms with Crippen molar-refractivity contribution in [2.45, 2.75) is 70.8 Å². The lowest BCUT2D eigenvalue weighted by atomic mass is 9.92. The van der Waals surface area contributed by atoms with Gasteiger partial charge in [-0.2, -0.15) is 0 Å². The van der Waals surface area contributed by atoms with E-state index in [1.807, 2.05) is 0 Å². The Kier molecular flexibility index (Phi) is 7.58. The third kappa shape index (κ3) is 5.69. The van der Waals surface area contributed by atoms with E-state index in [0.29, 0.717) is 0 Å². The van der Waals surface area contributed by atoms with E-state index >= 15 is 0 Å². The van der Waals surface area contributed by atoms with E-state index in [4.69, 9.17) is 0 Å². The average Bonchev–Trinajstić information content (AvgIpc) is 2.52. The molecule has 0 radical (unpaired) electrons. The highest BCUT2D eigenvalue weighted by molar-refractivity contribution is 4.77. The molecule has 1 saturated carbocycles. The van der Waals surface area contributed by atoms with E-state index in [0.717, 1.165) is 12.0 Å². The molecule has 0 aromatic rings. The fourth-order valence-corrected chi connectivity index (χ4v) is 2.81. The second-order valence-corrected chi connectivity index (χ2v) is 5.26. The molecule has 1 rings (SSSR count). The summed E-state index contributed by atoms with van der Waals surface area (Å²) >= 11 is 0. The summed E-state index contributed by atoms with van der Waals surface area (Å²) in [6, 6.07) is 0.802. The largest absolute Gasteiger partial charge is 0.314 e. The molecule has 1 N–H and O–H groups in total. The number of unbranched alkanes of at least 4 members (excludes halogenated alkanes) is 1. The predicted molar refractivity (Wildman–Crippen MR) is 72.7 cm³/mol. The van der Waals surface area contributed by atoms with E-state index in [1.165, 1.54) is 64.3 Å². The van der Waals surface area contributed by atoms with E-state index in [-0.39, 0.29) is 0 Å². The molecule has 16 heavy (non-hydrogen) atoms. The van der Waals surface area contributed by atoms with Gasteiger partial charge in [-0.3, -0.25) is 0 Å². The Labute approximate surface area is 102 Å². The quantitative estimate of drug-likeness (QED) is 0.386. The minimum Gasteiger partial charge on any atom is -0.314 e. The Balaban J connectivity index is 2.24. The molecule has 0 aromatic heterocycles. The molecule has 0 amide bonds. The van der Waals surface area contributed by atoms with Crippen LogP contribution in [0.5, 0.6) is 0 Å². The molecule has 0 bridgehead atoms. The Morgan fingerprint density at radius 3 is 2.88 bits per heavy atom. The first kappa shape index (κ1) is 13.8. The summed E-state index contributed by atoms with van der Waals surface area (Å²) in [6.07, 6.45) is 14.4. The van der Waals surface area contributed by atoms with E-state index in [9.17, 15) is 0 Å². The number of nitrogens with one attached hydrogen (secondary N) is 1. The van der Waals surface area contributed by atoms with Crippen LogP contribution in [0.15, 0.2) is 12.7 Å². The fraction of sp³-hybridized carbons (Fsp3) is 0.867. The van der Waals surface area contributed by atoms with Crippen LogP contribution in [0.4, 0.5) is 0 Å². The van der Waals surface area contributed by atoms with Gasteiger partial charge in [-0.1, -0.05) is 38.7 Å². The summed E-state index contributed by atoms with van der Waals surface area (Å²) in [5.74, 6) is 0.969. The summed E-state index contributed by atoms with van der Waals surface area (Å²) in [6.45, 7) is 7.26. The topological polar surface area (TPSA) is 12.0 Å². The van der Waals surface area contributed by atoms with Gasteiger partial charge in [-0.25, -0.2) is 0 Å². The van der Waals surface area contributed by atoms with Crippen molar-refractivity contribution >= 4 is 0 Å². The fourth-order valence-electron chi connectivity index (χ4n) is 2.81. The Morgan fingerprint density at radius 1 is 1.31 bits per heavy atom. The molecule has 1 heteroatoms. The first-order valence-electron chi connectivity index (χ1n) is 7.21. The maximum absolute atomic E-state index is 3.80. The highest BCUT2D eigenvalue weighted by atomic mass is 14.9. The van der Waals surface area contributed by atoms with Gasteiger partial charge in [0.05, 0.1) is 0 Å². The van der Waals surface area contributed by atoms with Crippen LogP contribution in [0.1, 0.15) is 64.7 Å². The van der Waals surface area contributed by atoms with Crippen LogP contribution in [-0.4, -0.2) is 12.6 Å². The maximum Gasteiger partial charge on any atom is 0.00696 e. The molecule has 1 fully saturated rings. The Morgan fingerprint density at radius 2 is 2.12 bits per heavy atom. The number of allylic oxidation sites excluding steroid dienone is 1. The van der Waals surface area contributed by atoms with Crippen molar-refractivity contribution in [3.05, 3.63) is 12.7 Å². The molecule has 1 nitrogen and oxygen atoms in total. The minimum atomic E-state index is 0.802. The monoisotopic (exact) mass is 223 g/mol. The molecule has 0 spiro atoms. The summed E-state index contributed by atoms with van der Waals surface area (Å²) in [4.78, 5) is 0. The van der Waals surface area contributed by atoms with Crippen molar-refractivity contribution in [3.63, 3.8) is 0 Å². The van der Waals surface area contributed by atoms with Gasteiger partial charge in [-0.15, -0.1) is 6.58 Å². The standard InChI is InChI=1S/C15H29N/c1-3-5-6-9-14-10-7-8-11-15(13-14)16-12-4-2/h3,14-16H,1,4-13H2,2H3. The number of hydrogen-bond acceptors (Lipinski definition) is 1. The molecular weight excluding hydrogens is 194 g/mol. The molecule has 0 saturated heterocycles. The predicted octanol–water partition coefficient (Wildman–Crippen LogP) is 4.29. The van der Waals surface area contributed by atoms with Crippen molar-refractivity contribution in [1.29, 1.82) is 0 Å². The average molecular weight is 223 g/mol. The molecule has 0 heterocycles. The number of hydrogen-bond donors (Lipinski definition) is 1. The molecule has 2 unspecified atom stereocenters. The normalized spacial score (nSPS) is 26.3. The molecule has 2 atom stereocenters. The third-order valence-electron chi connectivity index (χ3n) is 3.74. The van der Waals surface area contributed by atoms with Crippen LogP contribution in [0.2, 0.25) is 0 Å². The molecule has 0 aliphatic heterocycles. The minimum absolute atomic E-state index is 0.802.